The minimum Gasteiger partial charge on any atom is -0.491 e. The summed E-state index contributed by atoms with van der Waals surface area (Å²) in [5.41, 5.74) is 1.08. The van der Waals surface area contributed by atoms with Gasteiger partial charge in [0.05, 0.1) is 12.1 Å². The van der Waals surface area contributed by atoms with Crippen LogP contribution in [-0.4, -0.2) is 67.2 Å². The molecule has 1 N–H and O–H groups in total. The van der Waals surface area contributed by atoms with E-state index < -0.39 is 0 Å². The molecule has 1 aromatic carbocycles. The van der Waals surface area contributed by atoms with Crippen molar-refractivity contribution >= 4 is 23.3 Å². The summed E-state index contributed by atoms with van der Waals surface area (Å²) in [7, 11) is 0. The van der Waals surface area contributed by atoms with Crippen LogP contribution in [0.25, 0.3) is 0 Å². The Hall–Kier alpha value is -2.65. The van der Waals surface area contributed by atoms with Crippen LogP contribution in [-0.2, 0) is 16.0 Å². The van der Waals surface area contributed by atoms with Gasteiger partial charge in [-0.15, -0.1) is 11.3 Å². The van der Waals surface area contributed by atoms with E-state index in [0.717, 1.165) is 31.2 Å². The number of carbonyl (C=O) groups excluding carboxylic acids is 2. The molecule has 2 aliphatic heterocycles. The highest BCUT2D eigenvalue weighted by atomic mass is 32.1. The van der Waals surface area contributed by atoms with E-state index in [9.17, 15) is 14.0 Å². The Morgan fingerprint density at radius 2 is 2.12 bits per heavy atom. The lowest BCUT2D eigenvalue weighted by molar-refractivity contribution is -0.135. The zero-order valence-electron chi connectivity index (χ0n) is 19.5. The van der Waals surface area contributed by atoms with Crippen molar-refractivity contribution in [1.29, 1.82) is 0 Å². The molecule has 1 aromatic heterocycles. The van der Waals surface area contributed by atoms with Gasteiger partial charge in [-0.3, -0.25) is 4.79 Å². The normalized spacial score (nSPS) is 19.5. The van der Waals surface area contributed by atoms with Crippen LogP contribution in [0.3, 0.4) is 0 Å². The molecule has 3 heterocycles. The summed E-state index contributed by atoms with van der Waals surface area (Å²) >= 11 is 1.68. The van der Waals surface area contributed by atoms with Gasteiger partial charge in [-0.2, -0.15) is 0 Å². The molecule has 2 aromatic rings. The predicted molar refractivity (Wildman–Crippen MR) is 129 cm³/mol. The van der Waals surface area contributed by atoms with Crippen molar-refractivity contribution in [3.63, 3.8) is 0 Å². The molecule has 1 fully saturated rings. The molecule has 2 atom stereocenters. The van der Waals surface area contributed by atoms with Gasteiger partial charge in [0.2, 0.25) is 5.91 Å². The van der Waals surface area contributed by atoms with E-state index in [-0.39, 0.29) is 43.1 Å². The largest absolute Gasteiger partial charge is 0.491 e. The number of amides is 3. The van der Waals surface area contributed by atoms with Crippen molar-refractivity contribution in [2.24, 2.45) is 0 Å². The first-order chi connectivity index (χ1) is 16.5. The molecule has 0 bridgehead atoms. The number of hydrogen-bond donors (Lipinski definition) is 1. The smallest absolute Gasteiger partial charge is 0.317 e. The van der Waals surface area contributed by atoms with Crippen molar-refractivity contribution < 1.29 is 23.5 Å². The number of rotatable bonds is 9. The Balaban J connectivity index is 1.47. The van der Waals surface area contributed by atoms with Crippen molar-refractivity contribution in [3.05, 3.63) is 52.0 Å². The molecular weight excluding hydrogens is 457 g/mol. The summed E-state index contributed by atoms with van der Waals surface area (Å²) in [4.78, 5) is 31.0. The molecule has 9 heteroatoms. The molecule has 0 aliphatic carbocycles. The SMILES string of the molecule is CCCNC(=O)N(CC(=O)N1CCc2sccc2[C@H]1COc1ccc(F)cc1)C[C@@H]1CCCO1. The van der Waals surface area contributed by atoms with Crippen molar-refractivity contribution in [2.75, 3.05) is 39.4 Å². The van der Waals surface area contributed by atoms with E-state index in [1.54, 1.807) is 28.4 Å². The van der Waals surface area contributed by atoms with E-state index >= 15 is 0 Å². The van der Waals surface area contributed by atoms with Crippen LogP contribution < -0.4 is 10.1 Å². The third-order valence-corrected chi connectivity index (χ3v) is 7.22. The Morgan fingerprint density at radius 1 is 1.29 bits per heavy atom. The van der Waals surface area contributed by atoms with Crippen LogP contribution in [0.4, 0.5) is 9.18 Å². The summed E-state index contributed by atoms with van der Waals surface area (Å²) in [5.74, 6) is 0.110. The Kier molecular flexibility index (Phi) is 8.39. The first-order valence-electron chi connectivity index (χ1n) is 11.9. The number of nitrogens with zero attached hydrogens (tertiary/aromatic N) is 2. The van der Waals surface area contributed by atoms with Gasteiger partial charge in [-0.05, 0) is 67.0 Å². The first-order valence-corrected chi connectivity index (χ1v) is 12.8. The van der Waals surface area contributed by atoms with Gasteiger partial charge >= 0.3 is 6.03 Å². The van der Waals surface area contributed by atoms with Gasteiger partial charge in [-0.1, -0.05) is 6.92 Å². The fraction of sp³-hybridized carbons (Fsp3) is 0.520. The van der Waals surface area contributed by atoms with Crippen molar-refractivity contribution in [3.8, 4) is 5.75 Å². The average molecular weight is 490 g/mol. The molecule has 7 nitrogen and oxygen atoms in total. The lowest BCUT2D eigenvalue weighted by Crippen LogP contribution is -2.51. The van der Waals surface area contributed by atoms with E-state index in [1.807, 2.05) is 23.3 Å². The van der Waals surface area contributed by atoms with Crippen LogP contribution in [0.15, 0.2) is 35.7 Å². The Labute approximate surface area is 203 Å². The number of halogens is 1. The summed E-state index contributed by atoms with van der Waals surface area (Å²) in [6.45, 7) is 4.46. The average Bonchev–Trinajstić information content (AvgIpc) is 3.53. The minimum absolute atomic E-state index is 0.0120. The second-order valence-corrected chi connectivity index (χ2v) is 9.67. The topological polar surface area (TPSA) is 71.1 Å². The zero-order chi connectivity index (χ0) is 23.9. The van der Waals surface area contributed by atoms with Crippen LogP contribution in [0.5, 0.6) is 5.75 Å². The minimum atomic E-state index is -0.324. The van der Waals surface area contributed by atoms with Crippen LogP contribution in [0.2, 0.25) is 0 Å². The number of thiophene rings is 1. The molecule has 184 valence electrons. The van der Waals surface area contributed by atoms with E-state index in [1.165, 1.54) is 17.0 Å². The summed E-state index contributed by atoms with van der Waals surface area (Å²) in [5, 5.41) is 4.93. The fourth-order valence-electron chi connectivity index (χ4n) is 4.43. The number of nitrogens with one attached hydrogen (secondary N) is 1. The monoisotopic (exact) mass is 489 g/mol. The zero-order valence-corrected chi connectivity index (χ0v) is 20.3. The van der Waals surface area contributed by atoms with Crippen LogP contribution >= 0.6 is 11.3 Å². The third-order valence-electron chi connectivity index (χ3n) is 6.22. The summed E-state index contributed by atoms with van der Waals surface area (Å²) < 4.78 is 24.9. The maximum absolute atomic E-state index is 13.5. The highest BCUT2D eigenvalue weighted by Crippen LogP contribution is 2.34. The second kappa shape index (κ2) is 11.7. The molecule has 1 saturated heterocycles. The molecule has 4 rings (SSSR count). The van der Waals surface area contributed by atoms with Crippen LogP contribution in [0, 0.1) is 5.82 Å². The molecular formula is C25H32FN3O4S. The number of hydrogen-bond acceptors (Lipinski definition) is 5. The van der Waals surface area contributed by atoms with Gasteiger partial charge < -0.3 is 24.6 Å². The van der Waals surface area contributed by atoms with Gasteiger partial charge in [0.15, 0.2) is 0 Å². The second-order valence-electron chi connectivity index (χ2n) is 8.66. The third kappa shape index (κ3) is 6.07. The number of ether oxygens (including phenoxy) is 2. The molecule has 2 aliphatic rings. The molecule has 0 saturated carbocycles. The quantitative estimate of drug-likeness (QED) is 0.578. The van der Waals surface area contributed by atoms with Crippen molar-refractivity contribution in [1.82, 2.24) is 15.1 Å². The molecule has 3 amide bonds. The molecule has 0 unspecified atom stereocenters. The lowest BCUT2D eigenvalue weighted by atomic mass is 10.0. The van der Waals surface area contributed by atoms with Gasteiger partial charge in [0.1, 0.15) is 24.7 Å². The maximum atomic E-state index is 13.5. The van der Waals surface area contributed by atoms with Crippen LogP contribution in [0.1, 0.15) is 42.7 Å². The maximum Gasteiger partial charge on any atom is 0.317 e. The van der Waals surface area contributed by atoms with Gasteiger partial charge in [-0.25, -0.2) is 9.18 Å². The lowest BCUT2D eigenvalue weighted by Gasteiger charge is -2.37. The van der Waals surface area contributed by atoms with E-state index in [0.29, 0.717) is 32.0 Å². The molecule has 34 heavy (non-hydrogen) atoms. The van der Waals surface area contributed by atoms with Crippen molar-refractivity contribution in [2.45, 2.75) is 44.8 Å². The number of benzene rings is 1. The highest BCUT2D eigenvalue weighted by molar-refractivity contribution is 7.10. The predicted octanol–water partition coefficient (Wildman–Crippen LogP) is 3.99. The number of urea groups is 1. The molecule has 0 radical (unpaired) electrons. The number of fused-ring (bicyclic) bond motifs is 1. The standard InChI is InChI=1S/C25H32FN3O4S/c1-2-11-27-25(31)28(15-20-4-3-13-32-20)16-24(30)29-12-9-23-21(10-14-34-23)22(29)17-33-19-7-5-18(26)6-8-19/h5-8,10,14,20,22H,2-4,9,11-13,15-17H2,1H3,(H,27,31)/t20-,22+/m0/s1. The van der Waals surface area contributed by atoms with E-state index in [4.69, 9.17) is 9.47 Å². The van der Waals surface area contributed by atoms with Gasteiger partial charge in [0, 0.05) is 31.1 Å². The number of carbonyl (C=O) groups is 2. The summed E-state index contributed by atoms with van der Waals surface area (Å²) in [6, 6.07) is 7.41. The fourth-order valence-corrected chi connectivity index (χ4v) is 5.36. The Morgan fingerprint density at radius 3 is 2.85 bits per heavy atom. The highest BCUT2D eigenvalue weighted by Gasteiger charge is 2.34. The Bertz CT molecular complexity index is 961. The summed E-state index contributed by atoms with van der Waals surface area (Å²) in [6.07, 6.45) is 3.42. The van der Waals surface area contributed by atoms with E-state index in [2.05, 4.69) is 5.32 Å². The molecule has 0 spiro atoms. The van der Waals surface area contributed by atoms with Gasteiger partial charge in [0.25, 0.3) is 0 Å². The first kappa shape index (κ1) is 24.5.